The number of carbonyl (C=O) groups excluding carboxylic acids is 3. The summed E-state index contributed by atoms with van der Waals surface area (Å²) in [5.41, 5.74) is 3.67. The Kier molecular flexibility index (Phi) is 24.0. The van der Waals surface area contributed by atoms with Gasteiger partial charge in [-0.2, -0.15) is 12.9 Å². The first-order valence-electron chi connectivity index (χ1n) is 27.3. The molecule has 0 unspecified atom stereocenters. The fourth-order valence-corrected chi connectivity index (χ4v) is 14.5. The van der Waals surface area contributed by atoms with Crippen molar-refractivity contribution in [2.24, 2.45) is 0 Å². The molecular formula is C63H58F13N3O9S3. The molecule has 0 bridgehead atoms. The molecule has 488 valence electrons. The van der Waals surface area contributed by atoms with Gasteiger partial charge in [-0.05, 0) is 111 Å². The van der Waals surface area contributed by atoms with Crippen molar-refractivity contribution in [2.45, 2.75) is 132 Å². The van der Waals surface area contributed by atoms with Gasteiger partial charge in [0.05, 0.1) is 0 Å². The van der Waals surface area contributed by atoms with E-state index in [0.29, 0.717) is 60.8 Å². The molecule has 91 heavy (non-hydrogen) atoms. The summed E-state index contributed by atoms with van der Waals surface area (Å²) in [5, 5.41) is 0. The van der Waals surface area contributed by atoms with E-state index in [1.54, 1.807) is 91.0 Å². The lowest BCUT2D eigenvalue weighted by atomic mass is 10.1. The van der Waals surface area contributed by atoms with E-state index in [2.05, 4.69) is 0 Å². The Morgan fingerprint density at radius 1 is 0.374 bits per heavy atom. The van der Waals surface area contributed by atoms with Crippen LogP contribution in [-0.2, 0) is 64.1 Å². The number of halogens is 13. The Morgan fingerprint density at radius 2 is 0.626 bits per heavy atom. The molecule has 12 nitrogen and oxygen atoms in total. The van der Waals surface area contributed by atoms with Gasteiger partial charge < -0.3 is 0 Å². The largest absolute Gasteiger partial charge is 0.295 e. The Balaban J connectivity index is 0.000000216. The zero-order chi connectivity index (χ0) is 66.3. The van der Waals surface area contributed by atoms with Gasteiger partial charge in [0.25, 0.3) is 0 Å². The first-order chi connectivity index (χ1) is 42.2. The van der Waals surface area contributed by atoms with Crippen LogP contribution in [0.15, 0.2) is 118 Å². The predicted molar refractivity (Wildman–Crippen MR) is 310 cm³/mol. The average molecular weight is 1340 g/mol. The minimum absolute atomic E-state index is 0. The summed E-state index contributed by atoms with van der Waals surface area (Å²) in [6.07, 6.45) is 13.3. The van der Waals surface area contributed by atoms with E-state index < -0.39 is 139 Å². The number of nitrogens with zero attached hydrogens (tertiary/aromatic N) is 3. The van der Waals surface area contributed by atoms with Gasteiger partial charge in [0.1, 0.15) is 9.79 Å². The maximum Gasteiger partial charge on any atom is 0.249 e. The number of hydrogen-bond acceptors (Lipinski definition) is 9. The van der Waals surface area contributed by atoms with E-state index >= 15 is 0 Å². The van der Waals surface area contributed by atoms with E-state index in [1.807, 2.05) is 0 Å². The molecule has 3 fully saturated rings. The molecule has 3 saturated carbocycles. The van der Waals surface area contributed by atoms with Crippen LogP contribution >= 0.6 is 0 Å². The molecular weight excluding hydrogens is 1290 g/mol. The third-order valence-electron chi connectivity index (χ3n) is 14.2. The van der Waals surface area contributed by atoms with Crippen molar-refractivity contribution >= 4 is 65.6 Å². The van der Waals surface area contributed by atoms with E-state index in [0.717, 1.165) is 36.9 Å². The molecule has 0 saturated heterocycles. The molecule has 0 N–H and O–H groups in total. The second-order valence-electron chi connectivity index (χ2n) is 21.1. The van der Waals surface area contributed by atoms with Crippen molar-refractivity contribution in [1.82, 2.24) is 12.9 Å². The zero-order valence-corrected chi connectivity index (χ0v) is 50.2. The Bertz CT molecular complexity index is 4130. The number of ketones is 3. The predicted octanol–water partition coefficient (Wildman–Crippen LogP) is 14.2. The van der Waals surface area contributed by atoms with E-state index in [1.165, 1.54) is 39.0 Å². The molecule has 3 aliphatic carbocycles. The molecule has 0 heterocycles. The first-order valence-corrected chi connectivity index (χ1v) is 31.6. The van der Waals surface area contributed by atoms with Gasteiger partial charge in [-0.15, -0.1) is 0 Å². The van der Waals surface area contributed by atoms with Crippen LogP contribution in [0.4, 0.5) is 57.1 Å². The topological polar surface area (TPSA) is 163 Å². The zero-order valence-electron chi connectivity index (χ0n) is 47.7. The lowest BCUT2D eigenvalue weighted by molar-refractivity contribution is -0.113. The molecule has 0 amide bonds. The normalized spacial score (nSPS) is 14.7. The van der Waals surface area contributed by atoms with Gasteiger partial charge in [0, 0.05) is 49.9 Å². The number of sulfonamides is 3. The van der Waals surface area contributed by atoms with Crippen LogP contribution in [0.25, 0.3) is 18.2 Å². The molecule has 9 rings (SSSR count). The summed E-state index contributed by atoms with van der Waals surface area (Å²) in [6.45, 7) is 3.58. The average Bonchev–Trinajstić information content (AvgIpc) is 1.77. The van der Waals surface area contributed by atoms with Crippen LogP contribution in [0.3, 0.4) is 0 Å². The third-order valence-corrected chi connectivity index (χ3v) is 19.9. The van der Waals surface area contributed by atoms with Crippen LogP contribution in [0.5, 0.6) is 0 Å². The van der Waals surface area contributed by atoms with Crippen LogP contribution < -0.4 is 0 Å². The van der Waals surface area contributed by atoms with Gasteiger partial charge >= 0.3 is 0 Å². The van der Waals surface area contributed by atoms with Crippen LogP contribution in [0.2, 0.25) is 0 Å². The summed E-state index contributed by atoms with van der Waals surface area (Å²) in [6, 6.07) is 18.4. The van der Waals surface area contributed by atoms with E-state index in [4.69, 9.17) is 0 Å². The highest BCUT2D eigenvalue weighted by atomic mass is 32.2. The second kappa shape index (κ2) is 30.2. The Morgan fingerprint density at radius 3 is 0.901 bits per heavy atom. The van der Waals surface area contributed by atoms with Gasteiger partial charge in [-0.3, -0.25) is 14.4 Å². The maximum absolute atomic E-state index is 14.3. The van der Waals surface area contributed by atoms with Gasteiger partial charge in [-0.1, -0.05) is 111 Å². The lowest BCUT2D eigenvalue weighted by Gasteiger charge is -2.28. The quantitative estimate of drug-likeness (QED) is 0.0295. The van der Waals surface area contributed by atoms with Gasteiger partial charge in [0.2, 0.25) is 35.9 Å². The van der Waals surface area contributed by atoms with Crippen molar-refractivity contribution < 1.29 is 96.7 Å². The van der Waals surface area contributed by atoms with Crippen LogP contribution in [0.1, 0.15) is 113 Å². The van der Waals surface area contributed by atoms with Gasteiger partial charge in [-0.25, -0.2) is 82.3 Å². The number of benzene rings is 6. The van der Waals surface area contributed by atoms with Crippen molar-refractivity contribution in [2.75, 3.05) is 0 Å². The van der Waals surface area contributed by atoms with Crippen LogP contribution in [0, 0.1) is 75.6 Å². The summed E-state index contributed by atoms with van der Waals surface area (Å²) < 4.78 is 259. The van der Waals surface area contributed by atoms with Crippen LogP contribution in [-0.4, -0.2) is 73.6 Å². The molecule has 28 heteroatoms. The van der Waals surface area contributed by atoms with E-state index in [-0.39, 0.29) is 56.5 Å². The molecule has 0 aromatic heterocycles. The highest BCUT2D eigenvalue weighted by Crippen LogP contribution is 2.39. The minimum atomic E-state index is -5.01. The Hall–Kier alpha value is -7.63. The van der Waals surface area contributed by atoms with Gasteiger partial charge in [0.15, 0.2) is 92.1 Å². The number of rotatable bonds is 21. The minimum Gasteiger partial charge on any atom is -0.295 e. The fraction of sp³-hybridized carbons (Fsp3) is 0.286. The lowest BCUT2D eigenvalue weighted by Crippen LogP contribution is -2.39. The smallest absolute Gasteiger partial charge is 0.249 e. The molecule has 0 atom stereocenters. The van der Waals surface area contributed by atoms with Crippen molar-refractivity contribution in [3.8, 4) is 0 Å². The highest BCUT2D eigenvalue weighted by Gasteiger charge is 2.44. The summed E-state index contributed by atoms with van der Waals surface area (Å²) in [7, 11) is -14.3. The molecule has 0 spiro atoms. The molecule has 6 aromatic carbocycles. The maximum atomic E-state index is 14.3. The van der Waals surface area contributed by atoms with Crippen molar-refractivity contribution in [3.63, 3.8) is 0 Å². The molecule has 0 aliphatic heterocycles. The highest BCUT2D eigenvalue weighted by molar-refractivity contribution is 7.89. The van der Waals surface area contributed by atoms with Crippen molar-refractivity contribution in [1.29, 1.82) is 0 Å². The molecule has 3 aliphatic rings. The summed E-state index contributed by atoms with van der Waals surface area (Å²) in [4.78, 5) is 28.7. The molecule has 0 radical (unpaired) electrons. The second-order valence-corrected chi connectivity index (χ2v) is 26.6. The Labute approximate surface area is 517 Å². The monoisotopic (exact) mass is 1340 g/mol. The first kappa shape index (κ1) is 72.4. The summed E-state index contributed by atoms with van der Waals surface area (Å²) >= 11 is 0. The number of allylic oxidation sites excluding steroid dienone is 3. The summed E-state index contributed by atoms with van der Waals surface area (Å²) in [5.74, 6) is -28.1. The van der Waals surface area contributed by atoms with E-state index in [9.17, 15) is 96.7 Å². The fourth-order valence-electron chi connectivity index (χ4n) is 9.19. The number of carbonyl (C=O) groups is 3. The van der Waals surface area contributed by atoms with Crippen molar-refractivity contribution in [3.05, 3.63) is 212 Å². The number of hydrogen-bond donors (Lipinski definition) is 0. The molecule has 6 aromatic rings. The SMILES string of the molecule is C.CC(=O)/C=C/c1ccc(CN(C2CC2)S(=O)(=O)c2c(F)c(F)c(F)c(F)c2F)cc1.CC(=O)/C=C/c1ccc(CN(C2CC2)S(=O)(=O)c2cc(F)c(F)c(F)c2F)cc1.CC(=O)/C=C/c1ccc(CN(C2CCCC2)S(=O)(=O)c2cc(F)c(F)c(F)c2F)cc1. The third kappa shape index (κ3) is 17.5. The standard InChI is InChI=1S/C22H21F4NO3S.C20H16F5NO3S.C20H17F4NO3S.CH4/c1-14(28)6-7-15-8-10-16(11-9-15)13-27(17-4-2-3-5-17)31(29,30)19-12-18(23)20(24)22(26)21(19)25;1-11(27)2-3-12-4-6-13(7-5-12)10-26(14-8-9-14)30(28,29)20-18(24)16(22)15(21)17(23)19(20)25;1-12(26)2-3-13-4-6-14(7-5-13)11-25(15-8-9-15)29(27,28)17-10-16(21)18(22)20(24)19(17)23;/h6-12,17H,2-5,13H2,1H3;2-7,14H,8-10H2,1H3;2-7,10,15H,8-9,11H2,1H3;1H4/b7-6+;2*3-2+;.